The van der Waals surface area contributed by atoms with Crippen molar-refractivity contribution in [3.05, 3.63) is 0 Å². The second-order valence-electron chi connectivity index (χ2n) is 4.22. The third-order valence-electron chi connectivity index (χ3n) is 2.83. The molecule has 0 aromatic rings. The molecule has 0 radical (unpaired) electrons. The molecule has 1 atom stereocenters. The summed E-state index contributed by atoms with van der Waals surface area (Å²) in [5.41, 5.74) is 0. The first-order chi connectivity index (χ1) is 6.77. The summed E-state index contributed by atoms with van der Waals surface area (Å²) in [4.78, 5) is 2.38. The van der Waals surface area contributed by atoms with Gasteiger partial charge in [0.25, 0.3) is 0 Å². The minimum atomic E-state index is -0.176. The molecule has 0 saturated heterocycles. The zero-order valence-corrected chi connectivity index (χ0v) is 9.15. The SMILES string of the molecule is CC[C@H](O)CN(CCCCO)C1CC1. The monoisotopic (exact) mass is 201 g/mol. The number of aliphatic hydroxyl groups excluding tert-OH is 2. The van der Waals surface area contributed by atoms with Crippen molar-refractivity contribution in [1.29, 1.82) is 0 Å². The number of aliphatic hydroxyl groups is 2. The highest BCUT2D eigenvalue weighted by molar-refractivity contribution is 4.85. The minimum Gasteiger partial charge on any atom is -0.396 e. The van der Waals surface area contributed by atoms with Crippen LogP contribution in [0.5, 0.6) is 0 Å². The maximum atomic E-state index is 9.57. The van der Waals surface area contributed by atoms with Gasteiger partial charge < -0.3 is 10.2 Å². The van der Waals surface area contributed by atoms with E-state index in [9.17, 15) is 5.11 Å². The van der Waals surface area contributed by atoms with Crippen LogP contribution >= 0.6 is 0 Å². The summed E-state index contributed by atoms with van der Waals surface area (Å²) < 4.78 is 0. The van der Waals surface area contributed by atoms with Gasteiger partial charge in [-0.25, -0.2) is 0 Å². The van der Waals surface area contributed by atoms with E-state index in [1.54, 1.807) is 0 Å². The molecule has 1 aliphatic carbocycles. The first-order valence-corrected chi connectivity index (χ1v) is 5.81. The second kappa shape index (κ2) is 6.38. The van der Waals surface area contributed by atoms with Gasteiger partial charge in [0, 0.05) is 19.2 Å². The van der Waals surface area contributed by atoms with E-state index in [0.29, 0.717) is 0 Å². The van der Waals surface area contributed by atoms with Crippen molar-refractivity contribution in [2.75, 3.05) is 19.7 Å². The van der Waals surface area contributed by atoms with Crippen LogP contribution < -0.4 is 0 Å². The molecule has 84 valence electrons. The molecule has 0 aromatic carbocycles. The Kier molecular flexibility index (Phi) is 5.45. The van der Waals surface area contributed by atoms with Gasteiger partial charge >= 0.3 is 0 Å². The van der Waals surface area contributed by atoms with Crippen LogP contribution in [0.25, 0.3) is 0 Å². The summed E-state index contributed by atoms with van der Waals surface area (Å²) in [7, 11) is 0. The van der Waals surface area contributed by atoms with Crippen molar-refractivity contribution in [1.82, 2.24) is 4.90 Å². The largest absolute Gasteiger partial charge is 0.396 e. The predicted octanol–water partition coefficient (Wildman–Crippen LogP) is 0.994. The molecule has 1 saturated carbocycles. The molecule has 1 aliphatic rings. The summed E-state index contributed by atoms with van der Waals surface area (Å²) in [6, 6.07) is 0.717. The van der Waals surface area contributed by atoms with Gasteiger partial charge in [-0.05, 0) is 38.6 Å². The van der Waals surface area contributed by atoms with Crippen LogP contribution in [-0.4, -0.2) is 47.0 Å². The fourth-order valence-electron chi connectivity index (χ4n) is 1.69. The van der Waals surface area contributed by atoms with Crippen LogP contribution in [0.3, 0.4) is 0 Å². The van der Waals surface area contributed by atoms with Crippen LogP contribution in [-0.2, 0) is 0 Å². The van der Waals surface area contributed by atoms with Gasteiger partial charge in [-0.15, -0.1) is 0 Å². The third-order valence-corrected chi connectivity index (χ3v) is 2.83. The lowest BCUT2D eigenvalue weighted by Crippen LogP contribution is -2.34. The zero-order valence-electron chi connectivity index (χ0n) is 9.15. The molecule has 2 N–H and O–H groups in total. The van der Waals surface area contributed by atoms with Gasteiger partial charge in [-0.1, -0.05) is 6.92 Å². The highest BCUT2D eigenvalue weighted by Crippen LogP contribution is 2.27. The first-order valence-electron chi connectivity index (χ1n) is 5.81. The van der Waals surface area contributed by atoms with Crippen molar-refractivity contribution in [3.8, 4) is 0 Å². The lowest BCUT2D eigenvalue weighted by Gasteiger charge is -2.24. The van der Waals surface area contributed by atoms with Crippen LogP contribution in [0, 0.1) is 0 Å². The minimum absolute atomic E-state index is 0.176. The van der Waals surface area contributed by atoms with Crippen LogP contribution in [0.1, 0.15) is 39.0 Å². The lowest BCUT2D eigenvalue weighted by molar-refractivity contribution is 0.103. The van der Waals surface area contributed by atoms with Gasteiger partial charge in [0.2, 0.25) is 0 Å². The number of unbranched alkanes of at least 4 members (excludes halogenated alkanes) is 1. The van der Waals surface area contributed by atoms with E-state index < -0.39 is 0 Å². The molecule has 3 heteroatoms. The van der Waals surface area contributed by atoms with Gasteiger partial charge in [0.1, 0.15) is 0 Å². The molecule has 0 unspecified atom stereocenters. The molecule has 0 spiro atoms. The molecular weight excluding hydrogens is 178 g/mol. The standard InChI is InChI=1S/C11H23NO2/c1-2-11(14)9-12(10-5-6-10)7-3-4-8-13/h10-11,13-14H,2-9H2,1H3/t11-/m0/s1. The molecule has 3 nitrogen and oxygen atoms in total. The van der Waals surface area contributed by atoms with E-state index in [2.05, 4.69) is 4.90 Å². The van der Waals surface area contributed by atoms with Gasteiger partial charge in [0.05, 0.1) is 6.10 Å². The normalized spacial score (nSPS) is 18.9. The molecule has 1 fully saturated rings. The average Bonchev–Trinajstić information content (AvgIpc) is 2.99. The van der Waals surface area contributed by atoms with Crippen LogP contribution in [0.15, 0.2) is 0 Å². The quantitative estimate of drug-likeness (QED) is 0.576. The first kappa shape index (κ1) is 12.0. The fourth-order valence-corrected chi connectivity index (χ4v) is 1.69. The Morgan fingerprint density at radius 3 is 2.57 bits per heavy atom. The topological polar surface area (TPSA) is 43.7 Å². The molecule has 0 aliphatic heterocycles. The van der Waals surface area contributed by atoms with Crippen molar-refractivity contribution in [2.45, 2.75) is 51.2 Å². The highest BCUT2D eigenvalue weighted by atomic mass is 16.3. The number of hydrogen-bond donors (Lipinski definition) is 2. The smallest absolute Gasteiger partial charge is 0.0664 e. The Bertz CT molecular complexity index is 148. The van der Waals surface area contributed by atoms with Crippen molar-refractivity contribution in [2.24, 2.45) is 0 Å². The number of rotatable bonds is 8. The summed E-state index contributed by atoms with van der Waals surface area (Å²) in [5.74, 6) is 0. The summed E-state index contributed by atoms with van der Waals surface area (Å²) in [5, 5.41) is 18.3. The van der Waals surface area contributed by atoms with Crippen LogP contribution in [0.4, 0.5) is 0 Å². The molecule has 0 bridgehead atoms. The zero-order chi connectivity index (χ0) is 10.4. The van der Waals surface area contributed by atoms with E-state index in [1.165, 1.54) is 12.8 Å². The Balaban J connectivity index is 2.17. The molecule has 0 amide bonds. The Morgan fingerprint density at radius 1 is 1.36 bits per heavy atom. The van der Waals surface area contributed by atoms with Gasteiger partial charge in [-0.3, -0.25) is 4.90 Å². The summed E-state index contributed by atoms with van der Waals surface area (Å²) in [6.07, 6.45) is 5.16. The molecule has 0 heterocycles. The van der Waals surface area contributed by atoms with Crippen molar-refractivity contribution in [3.63, 3.8) is 0 Å². The highest BCUT2D eigenvalue weighted by Gasteiger charge is 2.29. The third kappa shape index (κ3) is 4.40. The Hall–Kier alpha value is -0.120. The average molecular weight is 201 g/mol. The van der Waals surface area contributed by atoms with Gasteiger partial charge in [0.15, 0.2) is 0 Å². The Labute approximate surface area is 86.7 Å². The fraction of sp³-hybridized carbons (Fsp3) is 1.00. The molecule has 1 rings (SSSR count). The van der Waals surface area contributed by atoms with Crippen LogP contribution in [0.2, 0.25) is 0 Å². The van der Waals surface area contributed by atoms with Gasteiger partial charge in [-0.2, -0.15) is 0 Å². The van der Waals surface area contributed by atoms with Crippen molar-refractivity contribution >= 4 is 0 Å². The predicted molar refractivity (Wildman–Crippen MR) is 57.2 cm³/mol. The van der Waals surface area contributed by atoms with E-state index in [1.807, 2.05) is 6.92 Å². The second-order valence-corrected chi connectivity index (χ2v) is 4.22. The maximum absolute atomic E-state index is 9.57. The number of hydrogen-bond acceptors (Lipinski definition) is 3. The molecule has 0 aromatic heterocycles. The molecule has 14 heavy (non-hydrogen) atoms. The maximum Gasteiger partial charge on any atom is 0.0664 e. The van der Waals surface area contributed by atoms with E-state index in [0.717, 1.165) is 38.4 Å². The summed E-state index contributed by atoms with van der Waals surface area (Å²) >= 11 is 0. The van der Waals surface area contributed by atoms with E-state index >= 15 is 0 Å². The Morgan fingerprint density at radius 2 is 2.07 bits per heavy atom. The summed E-state index contributed by atoms with van der Waals surface area (Å²) in [6.45, 7) is 4.15. The van der Waals surface area contributed by atoms with Crippen molar-refractivity contribution < 1.29 is 10.2 Å². The lowest BCUT2D eigenvalue weighted by atomic mass is 10.2. The van der Waals surface area contributed by atoms with E-state index in [4.69, 9.17) is 5.11 Å². The van der Waals surface area contributed by atoms with E-state index in [-0.39, 0.29) is 12.7 Å². The number of nitrogens with zero attached hydrogens (tertiary/aromatic N) is 1. The molecular formula is C11H23NO2.